The van der Waals surface area contributed by atoms with Gasteiger partial charge in [0.15, 0.2) is 0 Å². The van der Waals surface area contributed by atoms with Crippen LogP contribution in [-0.2, 0) is 0 Å². The van der Waals surface area contributed by atoms with Crippen LogP contribution in [0.15, 0.2) is 66.9 Å². The average molecular weight is 440 g/mol. The van der Waals surface area contributed by atoms with E-state index >= 15 is 0 Å². The Morgan fingerprint density at radius 3 is 2.13 bits per heavy atom. The fraction of sp³-hybridized carbons (Fsp3) is 0.250. The van der Waals surface area contributed by atoms with Crippen molar-refractivity contribution in [3.63, 3.8) is 0 Å². The largest absolute Gasteiger partial charge is 0.497 e. The molecule has 1 fully saturated rings. The lowest BCUT2D eigenvalue weighted by Gasteiger charge is -2.36. The molecule has 3 aromatic rings. The zero-order valence-corrected chi connectivity index (χ0v) is 18.5. The molecule has 1 saturated heterocycles. The molecule has 6 nitrogen and oxygen atoms in total. The molecule has 31 heavy (non-hydrogen) atoms. The Morgan fingerprint density at radius 1 is 0.871 bits per heavy atom. The number of rotatable bonds is 5. The summed E-state index contributed by atoms with van der Waals surface area (Å²) < 4.78 is 10.8. The number of hydrogen-bond donors (Lipinski definition) is 0. The summed E-state index contributed by atoms with van der Waals surface area (Å²) in [6.45, 7) is 2.76. The van der Waals surface area contributed by atoms with E-state index in [1.165, 1.54) is 0 Å². The number of anilines is 1. The first-order valence-corrected chi connectivity index (χ1v) is 9.97. The zero-order valence-electron chi connectivity index (χ0n) is 17.7. The molecule has 0 aliphatic carbocycles. The Labute approximate surface area is 188 Å². The molecule has 7 heteroatoms. The van der Waals surface area contributed by atoms with E-state index in [0.29, 0.717) is 18.7 Å². The van der Waals surface area contributed by atoms with E-state index < -0.39 is 0 Å². The standard InChI is InChI=1S/C24H25N3O3.ClH/c1-29-20-15-19(16-21(17-20)30-2)26-11-13-27(14-12-26)24(28)22-9-6-10-25-23(22)18-7-4-3-5-8-18;/h3-10,15-17H,11-14H2,1-2H3;1H. The van der Waals surface area contributed by atoms with Crippen LogP contribution in [0.3, 0.4) is 0 Å². The van der Waals surface area contributed by atoms with Crippen LogP contribution in [0.5, 0.6) is 11.5 Å². The summed E-state index contributed by atoms with van der Waals surface area (Å²) in [6.07, 6.45) is 1.73. The van der Waals surface area contributed by atoms with Gasteiger partial charge in [-0.1, -0.05) is 30.3 Å². The van der Waals surface area contributed by atoms with Crippen molar-refractivity contribution in [2.45, 2.75) is 0 Å². The summed E-state index contributed by atoms with van der Waals surface area (Å²) in [6, 6.07) is 19.4. The van der Waals surface area contributed by atoms with Gasteiger partial charge in [0.1, 0.15) is 11.5 Å². The van der Waals surface area contributed by atoms with Crippen LogP contribution in [0.2, 0.25) is 0 Å². The first-order valence-electron chi connectivity index (χ1n) is 9.97. The predicted molar refractivity (Wildman–Crippen MR) is 125 cm³/mol. The van der Waals surface area contributed by atoms with Gasteiger partial charge in [0.25, 0.3) is 5.91 Å². The van der Waals surface area contributed by atoms with Crippen LogP contribution in [0.4, 0.5) is 5.69 Å². The quantitative estimate of drug-likeness (QED) is 0.597. The van der Waals surface area contributed by atoms with Gasteiger partial charge >= 0.3 is 0 Å². The van der Waals surface area contributed by atoms with Crippen molar-refractivity contribution in [2.24, 2.45) is 0 Å². The van der Waals surface area contributed by atoms with Crippen LogP contribution in [0, 0.1) is 0 Å². The van der Waals surface area contributed by atoms with Gasteiger partial charge in [0.2, 0.25) is 0 Å². The maximum absolute atomic E-state index is 13.3. The summed E-state index contributed by atoms with van der Waals surface area (Å²) in [5.74, 6) is 1.53. The Hall–Kier alpha value is -3.25. The van der Waals surface area contributed by atoms with Gasteiger partial charge in [-0.2, -0.15) is 0 Å². The van der Waals surface area contributed by atoms with Crippen molar-refractivity contribution in [3.05, 3.63) is 72.4 Å². The number of benzene rings is 2. The minimum Gasteiger partial charge on any atom is -0.497 e. The topological polar surface area (TPSA) is 54.9 Å². The average Bonchev–Trinajstić information content (AvgIpc) is 2.84. The summed E-state index contributed by atoms with van der Waals surface area (Å²) in [5, 5.41) is 0. The minimum absolute atomic E-state index is 0. The van der Waals surface area contributed by atoms with E-state index in [-0.39, 0.29) is 18.3 Å². The molecule has 0 saturated carbocycles. The molecule has 1 aliphatic heterocycles. The van der Waals surface area contributed by atoms with Crippen LogP contribution in [0.1, 0.15) is 10.4 Å². The highest BCUT2D eigenvalue weighted by Crippen LogP contribution is 2.29. The first kappa shape index (κ1) is 22.4. The number of pyridine rings is 1. The lowest BCUT2D eigenvalue weighted by molar-refractivity contribution is 0.0747. The van der Waals surface area contributed by atoms with Crippen molar-refractivity contribution in [1.82, 2.24) is 9.88 Å². The number of aromatic nitrogens is 1. The molecule has 1 aliphatic rings. The molecule has 0 bridgehead atoms. The molecule has 1 aromatic heterocycles. The van der Waals surface area contributed by atoms with Gasteiger partial charge in [0.05, 0.1) is 25.5 Å². The van der Waals surface area contributed by atoms with Crippen molar-refractivity contribution < 1.29 is 14.3 Å². The molecule has 0 atom stereocenters. The third-order valence-corrected chi connectivity index (χ3v) is 5.35. The first-order chi connectivity index (χ1) is 14.7. The molecule has 2 aromatic carbocycles. The number of piperazine rings is 1. The van der Waals surface area contributed by atoms with E-state index in [2.05, 4.69) is 9.88 Å². The molecule has 4 rings (SSSR count). The SMILES string of the molecule is COc1cc(OC)cc(N2CCN(C(=O)c3cccnc3-c3ccccc3)CC2)c1.Cl. The van der Waals surface area contributed by atoms with E-state index in [4.69, 9.17) is 9.47 Å². The molecular weight excluding hydrogens is 414 g/mol. The molecule has 0 N–H and O–H groups in total. The third-order valence-electron chi connectivity index (χ3n) is 5.35. The van der Waals surface area contributed by atoms with E-state index in [0.717, 1.165) is 41.5 Å². The Bertz CT molecular complexity index is 999. The van der Waals surface area contributed by atoms with E-state index in [1.54, 1.807) is 20.4 Å². The normalized spacial score (nSPS) is 13.4. The molecule has 0 radical (unpaired) electrons. The molecule has 0 unspecified atom stereocenters. The summed E-state index contributed by atoms with van der Waals surface area (Å²) >= 11 is 0. The van der Waals surface area contributed by atoms with Crippen molar-refractivity contribution >= 4 is 24.0 Å². The van der Waals surface area contributed by atoms with Gasteiger partial charge in [-0.25, -0.2) is 0 Å². The number of carbonyl (C=O) groups is 1. The third kappa shape index (κ3) is 4.91. The molecule has 0 spiro atoms. The summed E-state index contributed by atoms with van der Waals surface area (Å²) in [4.78, 5) is 21.9. The van der Waals surface area contributed by atoms with Crippen molar-refractivity contribution in [3.8, 4) is 22.8 Å². The van der Waals surface area contributed by atoms with E-state index in [9.17, 15) is 4.79 Å². The maximum Gasteiger partial charge on any atom is 0.256 e. The fourth-order valence-electron chi connectivity index (χ4n) is 3.72. The lowest BCUT2D eigenvalue weighted by atomic mass is 10.0. The second-order valence-electron chi connectivity index (χ2n) is 7.12. The van der Waals surface area contributed by atoms with Gasteiger partial charge in [-0.3, -0.25) is 9.78 Å². The second kappa shape index (κ2) is 10.2. The Kier molecular flexibility index (Phi) is 7.36. The number of amides is 1. The van der Waals surface area contributed by atoms with Crippen molar-refractivity contribution in [1.29, 1.82) is 0 Å². The monoisotopic (exact) mass is 439 g/mol. The number of methoxy groups -OCH3 is 2. The number of halogens is 1. The van der Waals surface area contributed by atoms with Gasteiger partial charge in [-0.05, 0) is 12.1 Å². The van der Waals surface area contributed by atoms with Gasteiger partial charge in [-0.15, -0.1) is 12.4 Å². The number of hydrogen-bond acceptors (Lipinski definition) is 5. The number of carbonyl (C=O) groups excluding carboxylic acids is 1. The zero-order chi connectivity index (χ0) is 20.9. The summed E-state index contributed by atoms with van der Waals surface area (Å²) in [7, 11) is 3.29. The van der Waals surface area contributed by atoms with E-state index in [1.807, 2.05) is 65.6 Å². The number of nitrogens with zero attached hydrogens (tertiary/aromatic N) is 3. The highest BCUT2D eigenvalue weighted by atomic mass is 35.5. The highest BCUT2D eigenvalue weighted by Gasteiger charge is 2.25. The fourth-order valence-corrected chi connectivity index (χ4v) is 3.72. The highest BCUT2D eigenvalue weighted by molar-refractivity contribution is 6.00. The number of ether oxygens (including phenoxy) is 2. The van der Waals surface area contributed by atoms with Crippen LogP contribution in [0.25, 0.3) is 11.3 Å². The Morgan fingerprint density at radius 2 is 1.52 bits per heavy atom. The second-order valence-corrected chi connectivity index (χ2v) is 7.12. The van der Waals surface area contributed by atoms with Crippen LogP contribution < -0.4 is 14.4 Å². The van der Waals surface area contributed by atoms with Gasteiger partial charge < -0.3 is 19.3 Å². The summed E-state index contributed by atoms with van der Waals surface area (Å²) in [5.41, 5.74) is 3.34. The molecular formula is C24H26ClN3O3. The smallest absolute Gasteiger partial charge is 0.256 e. The predicted octanol–water partition coefficient (Wildman–Crippen LogP) is 4.15. The molecule has 2 heterocycles. The maximum atomic E-state index is 13.3. The van der Waals surface area contributed by atoms with Crippen LogP contribution >= 0.6 is 12.4 Å². The van der Waals surface area contributed by atoms with Crippen LogP contribution in [-0.4, -0.2) is 56.2 Å². The Balaban J connectivity index is 0.00000272. The van der Waals surface area contributed by atoms with Crippen molar-refractivity contribution in [2.75, 3.05) is 45.3 Å². The molecule has 162 valence electrons. The minimum atomic E-state index is 0. The van der Waals surface area contributed by atoms with Gasteiger partial charge in [0, 0.05) is 61.8 Å². The molecule has 1 amide bonds. The lowest BCUT2D eigenvalue weighted by Crippen LogP contribution is -2.49.